The van der Waals surface area contributed by atoms with Gasteiger partial charge in [0.15, 0.2) is 0 Å². The summed E-state index contributed by atoms with van der Waals surface area (Å²) in [6.45, 7) is 8.82. The second kappa shape index (κ2) is 6.71. The van der Waals surface area contributed by atoms with E-state index in [0.717, 1.165) is 25.2 Å². The van der Waals surface area contributed by atoms with Crippen LogP contribution in [-0.4, -0.2) is 32.8 Å². The van der Waals surface area contributed by atoms with Crippen molar-refractivity contribution in [3.63, 3.8) is 0 Å². The lowest BCUT2D eigenvalue weighted by Gasteiger charge is -2.18. The van der Waals surface area contributed by atoms with Crippen molar-refractivity contribution < 1.29 is 0 Å². The van der Waals surface area contributed by atoms with Crippen molar-refractivity contribution >= 4 is 17.2 Å². The minimum absolute atomic E-state index is 0.453. The third-order valence-electron chi connectivity index (χ3n) is 2.92. The van der Waals surface area contributed by atoms with Gasteiger partial charge in [0, 0.05) is 25.3 Å². The van der Waals surface area contributed by atoms with Crippen LogP contribution in [0.3, 0.4) is 0 Å². The van der Waals surface area contributed by atoms with Crippen molar-refractivity contribution in [3.8, 4) is 0 Å². The van der Waals surface area contributed by atoms with Gasteiger partial charge in [-0.1, -0.05) is 26.1 Å². The van der Waals surface area contributed by atoms with Crippen LogP contribution in [0.2, 0.25) is 0 Å². The molecule has 4 nitrogen and oxygen atoms in total. The maximum atomic E-state index is 5.56. The van der Waals surface area contributed by atoms with Gasteiger partial charge in [-0.3, -0.25) is 9.58 Å². The lowest BCUT2D eigenvalue weighted by atomic mass is 10.3. The summed E-state index contributed by atoms with van der Waals surface area (Å²) in [5.41, 5.74) is 6.63. The summed E-state index contributed by atoms with van der Waals surface area (Å²) in [5.74, 6) is 0. The Morgan fingerprint density at radius 3 is 2.82 bits per heavy atom. The molecule has 1 aromatic rings. The highest BCUT2D eigenvalue weighted by Crippen LogP contribution is 2.10. The summed E-state index contributed by atoms with van der Waals surface area (Å²) in [6.07, 6.45) is 3.13. The van der Waals surface area contributed by atoms with E-state index >= 15 is 0 Å². The van der Waals surface area contributed by atoms with E-state index < -0.39 is 0 Å². The number of nitrogens with zero attached hydrogens (tertiary/aromatic N) is 3. The Balaban J connectivity index is 2.61. The number of nitrogens with two attached hydrogens (primary N) is 1. The van der Waals surface area contributed by atoms with E-state index in [-0.39, 0.29) is 0 Å². The van der Waals surface area contributed by atoms with Gasteiger partial charge in [-0.15, -0.1) is 0 Å². The SMILES string of the molecule is CCC(C)n1ccc(CN(CC)CC(N)=S)n1. The smallest absolute Gasteiger partial charge is 0.0870 e. The topological polar surface area (TPSA) is 47.1 Å². The zero-order chi connectivity index (χ0) is 12.8. The van der Waals surface area contributed by atoms with E-state index in [1.165, 1.54) is 0 Å². The van der Waals surface area contributed by atoms with Crippen molar-refractivity contribution in [2.75, 3.05) is 13.1 Å². The van der Waals surface area contributed by atoms with Crippen LogP contribution in [0.15, 0.2) is 12.3 Å². The molecule has 1 aromatic heterocycles. The van der Waals surface area contributed by atoms with Crippen molar-refractivity contribution in [3.05, 3.63) is 18.0 Å². The summed E-state index contributed by atoms with van der Waals surface area (Å²) in [4.78, 5) is 2.72. The number of hydrogen-bond acceptors (Lipinski definition) is 3. The molecule has 0 spiro atoms. The highest BCUT2D eigenvalue weighted by molar-refractivity contribution is 7.80. The van der Waals surface area contributed by atoms with Crippen molar-refractivity contribution in [2.24, 2.45) is 5.73 Å². The number of hydrogen-bond donors (Lipinski definition) is 1. The Labute approximate surface area is 109 Å². The molecule has 0 amide bonds. The minimum atomic E-state index is 0.453. The van der Waals surface area contributed by atoms with Crippen LogP contribution < -0.4 is 5.73 Å². The van der Waals surface area contributed by atoms with Crippen molar-refractivity contribution in [1.29, 1.82) is 0 Å². The highest BCUT2D eigenvalue weighted by Gasteiger charge is 2.09. The molecule has 0 saturated carbocycles. The molecule has 0 radical (unpaired) electrons. The molecule has 0 aromatic carbocycles. The van der Waals surface area contributed by atoms with Gasteiger partial charge >= 0.3 is 0 Å². The third kappa shape index (κ3) is 4.44. The van der Waals surface area contributed by atoms with Crippen LogP contribution in [0.1, 0.15) is 38.9 Å². The van der Waals surface area contributed by atoms with Gasteiger partial charge < -0.3 is 5.73 Å². The van der Waals surface area contributed by atoms with Gasteiger partial charge in [-0.25, -0.2) is 0 Å². The van der Waals surface area contributed by atoms with E-state index in [0.29, 0.717) is 17.6 Å². The molecule has 0 fully saturated rings. The van der Waals surface area contributed by atoms with E-state index in [9.17, 15) is 0 Å². The summed E-state index contributed by atoms with van der Waals surface area (Å²) in [7, 11) is 0. The molecular weight excluding hydrogens is 232 g/mol. The molecule has 1 rings (SSSR count). The molecule has 0 aliphatic rings. The third-order valence-corrected chi connectivity index (χ3v) is 3.05. The van der Waals surface area contributed by atoms with Crippen LogP contribution in [-0.2, 0) is 6.54 Å². The van der Waals surface area contributed by atoms with Crippen LogP contribution in [0.5, 0.6) is 0 Å². The summed E-state index contributed by atoms with van der Waals surface area (Å²) in [6, 6.07) is 2.52. The zero-order valence-electron chi connectivity index (χ0n) is 10.9. The Morgan fingerprint density at radius 2 is 2.29 bits per heavy atom. The molecule has 17 heavy (non-hydrogen) atoms. The first kappa shape index (κ1) is 14.1. The number of aromatic nitrogens is 2. The normalized spacial score (nSPS) is 12.9. The van der Waals surface area contributed by atoms with Gasteiger partial charge in [0.05, 0.1) is 10.7 Å². The predicted octanol–water partition coefficient (Wildman–Crippen LogP) is 1.96. The van der Waals surface area contributed by atoms with Gasteiger partial charge in [0.2, 0.25) is 0 Å². The quantitative estimate of drug-likeness (QED) is 0.756. The Hall–Kier alpha value is -0.940. The van der Waals surface area contributed by atoms with Crippen LogP contribution in [0.25, 0.3) is 0 Å². The molecule has 96 valence electrons. The van der Waals surface area contributed by atoms with E-state index in [2.05, 4.69) is 36.8 Å². The maximum Gasteiger partial charge on any atom is 0.0870 e. The lowest BCUT2D eigenvalue weighted by Crippen LogP contribution is -2.32. The molecule has 5 heteroatoms. The molecule has 0 saturated heterocycles. The van der Waals surface area contributed by atoms with Crippen LogP contribution in [0, 0.1) is 0 Å². The van der Waals surface area contributed by atoms with Crippen LogP contribution >= 0.6 is 12.2 Å². The van der Waals surface area contributed by atoms with Gasteiger partial charge in [0.25, 0.3) is 0 Å². The van der Waals surface area contributed by atoms with Crippen molar-refractivity contribution in [2.45, 2.75) is 39.8 Å². The molecule has 1 unspecified atom stereocenters. The summed E-state index contributed by atoms with van der Waals surface area (Å²) < 4.78 is 2.02. The molecular formula is C12H22N4S. The number of thiocarbonyl (C=S) groups is 1. The zero-order valence-corrected chi connectivity index (χ0v) is 11.7. The summed E-state index contributed by atoms with van der Waals surface area (Å²) >= 11 is 4.93. The first-order valence-corrected chi connectivity index (χ1v) is 6.52. The Morgan fingerprint density at radius 1 is 1.59 bits per heavy atom. The second-order valence-corrected chi connectivity index (χ2v) is 4.84. The molecule has 1 atom stereocenters. The maximum absolute atomic E-state index is 5.56. The standard InChI is InChI=1S/C12H22N4S/c1-4-10(3)16-7-6-11(14-16)8-15(5-2)9-12(13)17/h6-7,10H,4-5,8-9H2,1-3H3,(H2,13,17). The van der Waals surface area contributed by atoms with Gasteiger partial charge in [-0.05, 0) is 26.0 Å². The molecule has 0 aliphatic heterocycles. The van der Waals surface area contributed by atoms with Crippen molar-refractivity contribution in [1.82, 2.24) is 14.7 Å². The van der Waals surface area contributed by atoms with E-state index in [4.69, 9.17) is 18.0 Å². The van der Waals surface area contributed by atoms with Gasteiger partial charge in [0.1, 0.15) is 0 Å². The lowest BCUT2D eigenvalue weighted by molar-refractivity contribution is 0.314. The van der Waals surface area contributed by atoms with E-state index in [1.807, 2.05) is 10.9 Å². The van der Waals surface area contributed by atoms with Crippen LogP contribution in [0.4, 0.5) is 0 Å². The Bertz CT molecular complexity index is 361. The summed E-state index contributed by atoms with van der Waals surface area (Å²) in [5, 5.41) is 4.57. The largest absolute Gasteiger partial charge is 0.392 e. The fraction of sp³-hybridized carbons (Fsp3) is 0.667. The predicted molar refractivity (Wildman–Crippen MR) is 75.0 cm³/mol. The number of likely N-dealkylation sites (N-methyl/N-ethyl adjacent to an activating group) is 1. The number of rotatable bonds is 7. The van der Waals surface area contributed by atoms with Gasteiger partial charge in [-0.2, -0.15) is 5.10 Å². The Kier molecular flexibility index (Phi) is 5.58. The minimum Gasteiger partial charge on any atom is -0.392 e. The molecule has 1 heterocycles. The fourth-order valence-electron chi connectivity index (χ4n) is 1.62. The average Bonchev–Trinajstić information content (AvgIpc) is 2.75. The first-order chi connectivity index (χ1) is 8.06. The van der Waals surface area contributed by atoms with E-state index in [1.54, 1.807) is 0 Å². The molecule has 2 N–H and O–H groups in total. The molecule has 0 aliphatic carbocycles. The fourth-order valence-corrected chi connectivity index (χ4v) is 1.81. The first-order valence-electron chi connectivity index (χ1n) is 6.11. The second-order valence-electron chi connectivity index (χ2n) is 4.31. The average molecular weight is 254 g/mol. The monoisotopic (exact) mass is 254 g/mol. The molecule has 0 bridgehead atoms. The highest BCUT2D eigenvalue weighted by atomic mass is 32.1.